The number of aliphatic hydroxyl groups is 1. The van der Waals surface area contributed by atoms with Gasteiger partial charge in [0.1, 0.15) is 18.5 Å². The predicted molar refractivity (Wildman–Crippen MR) is 125 cm³/mol. The number of carbonyl (C=O) groups excluding carboxylic acids is 1. The second-order valence-electron chi connectivity index (χ2n) is 7.88. The number of rotatable bonds is 7. The average Bonchev–Trinajstić information content (AvgIpc) is 3.09. The van der Waals surface area contributed by atoms with Crippen LogP contribution in [0.15, 0.2) is 57.7 Å². The summed E-state index contributed by atoms with van der Waals surface area (Å²) in [5.41, 5.74) is 2.03. The molecule has 2 heterocycles. The van der Waals surface area contributed by atoms with Gasteiger partial charge in [0.05, 0.1) is 11.2 Å². The van der Waals surface area contributed by atoms with E-state index in [1.165, 1.54) is 6.92 Å². The number of benzene rings is 2. The fraction of sp³-hybridized carbons (Fsp3) is 0.391. The summed E-state index contributed by atoms with van der Waals surface area (Å²) < 4.78 is 12.9. The summed E-state index contributed by atoms with van der Waals surface area (Å²) >= 11 is 0. The molecular weight excluding hydrogens is 434 g/mol. The van der Waals surface area contributed by atoms with E-state index in [9.17, 15) is 14.7 Å². The molecule has 1 aliphatic heterocycles. The second kappa shape index (κ2) is 10.7. The Kier molecular flexibility index (Phi) is 7.95. The predicted octanol–water partition coefficient (Wildman–Crippen LogP) is 3.05. The van der Waals surface area contributed by atoms with Crippen LogP contribution in [0.2, 0.25) is 0 Å². The number of oxazole rings is 1. The number of para-hydroxylation sites is 4. The van der Waals surface area contributed by atoms with Crippen molar-refractivity contribution in [3.8, 4) is 5.75 Å². The van der Waals surface area contributed by atoms with Crippen LogP contribution >= 0.6 is 12.4 Å². The first-order valence-corrected chi connectivity index (χ1v) is 10.5. The van der Waals surface area contributed by atoms with Crippen LogP contribution < -0.4 is 15.8 Å². The van der Waals surface area contributed by atoms with Crippen molar-refractivity contribution in [1.82, 2.24) is 9.47 Å². The number of aliphatic hydroxyl groups excluding tert-OH is 1. The fourth-order valence-electron chi connectivity index (χ4n) is 4.11. The van der Waals surface area contributed by atoms with Crippen LogP contribution in [0.4, 0.5) is 5.69 Å². The number of ether oxygens (including phenoxy) is 1. The summed E-state index contributed by atoms with van der Waals surface area (Å²) in [6, 6.07) is 14.7. The van der Waals surface area contributed by atoms with Crippen LogP contribution in [-0.4, -0.2) is 52.8 Å². The first-order chi connectivity index (χ1) is 15.0. The number of nitrogens with zero attached hydrogens (tertiary/aromatic N) is 2. The lowest BCUT2D eigenvalue weighted by Gasteiger charge is -2.33. The van der Waals surface area contributed by atoms with Gasteiger partial charge in [-0.05, 0) is 37.1 Å². The van der Waals surface area contributed by atoms with E-state index in [0.29, 0.717) is 23.6 Å². The fourth-order valence-corrected chi connectivity index (χ4v) is 4.11. The molecular formula is C23H28ClN3O5. The maximum atomic E-state index is 12.3. The third-order valence-electron chi connectivity index (χ3n) is 5.54. The van der Waals surface area contributed by atoms with Gasteiger partial charge in [0.25, 0.3) is 0 Å². The number of β-amino-alcohol motifs (C(OH)–C–C–N with tert-alkyl or cyclic N) is 1. The summed E-state index contributed by atoms with van der Waals surface area (Å²) in [4.78, 5) is 25.8. The van der Waals surface area contributed by atoms with Crippen molar-refractivity contribution in [1.29, 1.82) is 0 Å². The summed E-state index contributed by atoms with van der Waals surface area (Å²) in [6.45, 7) is 3.60. The van der Waals surface area contributed by atoms with Crippen molar-refractivity contribution in [3.63, 3.8) is 0 Å². The number of amides is 1. The molecule has 1 aromatic heterocycles. The monoisotopic (exact) mass is 461 g/mol. The van der Waals surface area contributed by atoms with Gasteiger partial charge in [-0.1, -0.05) is 24.3 Å². The maximum Gasteiger partial charge on any atom is 0.420 e. The smallest absolute Gasteiger partial charge is 0.420 e. The van der Waals surface area contributed by atoms with Gasteiger partial charge in [-0.3, -0.25) is 9.36 Å². The minimum Gasteiger partial charge on any atom is -0.489 e. The Morgan fingerprint density at radius 1 is 1.19 bits per heavy atom. The molecule has 1 unspecified atom stereocenters. The van der Waals surface area contributed by atoms with Crippen LogP contribution in [0.25, 0.3) is 11.1 Å². The standard InChI is InChI=1S/C23H27N3O5.ClH/c1-16(27)24-19-6-2-4-8-21(19)30-15-18(28)14-25-12-10-17(11-13-25)26-20-7-3-5-9-22(20)31-23(26)29;/h2-9,17-18,28H,10-15H2,1H3,(H,24,27);1H. The highest BCUT2D eigenvalue weighted by Gasteiger charge is 2.25. The van der Waals surface area contributed by atoms with Gasteiger partial charge in [-0.25, -0.2) is 4.79 Å². The molecule has 0 bridgehead atoms. The zero-order chi connectivity index (χ0) is 21.8. The number of halogens is 1. The van der Waals surface area contributed by atoms with Gasteiger partial charge in [-0.15, -0.1) is 12.4 Å². The Morgan fingerprint density at radius 3 is 2.62 bits per heavy atom. The van der Waals surface area contributed by atoms with E-state index in [2.05, 4.69) is 10.2 Å². The van der Waals surface area contributed by atoms with Crippen molar-refractivity contribution in [2.24, 2.45) is 0 Å². The van der Waals surface area contributed by atoms with E-state index < -0.39 is 6.10 Å². The van der Waals surface area contributed by atoms with Crippen LogP contribution in [0.5, 0.6) is 5.75 Å². The van der Waals surface area contributed by atoms with Crippen LogP contribution in [-0.2, 0) is 4.79 Å². The summed E-state index contributed by atoms with van der Waals surface area (Å²) in [5, 5.41) is 13.2. The molecule has 3 aromatic rings. The van der Waals surface area contributed by atoms with E-state index in [4.69, 9.17) is 9.15 Å². The molecule has 172 valence electrons. The third-order valence-corrected chi connectivity index (χ3v) is 5.54. The zero-order valence-corrected chi connectivity index (χ0v) is 18.7. The lowest BCUT2D eigenvalue weighted by atomic mass is 10.0. The first-order valence-electron chi connectivity index (χ1n) is 10.5. The number of aromatic nitrogens is 1. The number of hydrogen-bond donors (Lipinski definition) is 2. The molecule has 1 aliphatic rings. The van der Waals surface area contributed by atoms with E-state index in [0.717, 1.165) is 31.4 Å². The Hall–Kier alpha value is -2.81. The van der Waals surface area contributed by atoms with Crippen molar-refractivity contribution in [2.45, 2.75) is 31.9 Å². The van der Waals surface area contributed by atoms with Gasteiger partial charge >= 0.3 is 5.76 Å². The largest absolute Gasteiger partial charge is 0.489 e. The molecule has 1 atom stereocenters. The molecule has 2 N–H and O–H groups in total. The zero-order valence-electron chi connectivity index (χ0n) is 17.9. The molecule has 2 aromatic carbocycles. The number of fused-ring (bicyclic) bond motifs is 1. The average molecular weight is 462 g/mol. The van der Waals surface area contributed by atoms with Crippen molar-refractivity contribution >= 4 is 35.1 Å². The molecule has 1 saturated heterocycles. The minimum atomic E-state index is -0.667. The normalized spacial score (nSPS) is 15.8. The highest BCUT2D eigenvalue weighted by atomic mass is 35.5. The SMILES string of the molecule is CC(=O)Nc1ccccc1OCC(O)CN1CCC(n2c(=O)oc3ccccc32)CC1.Cl. The molecule has 9 heteroatoms. The second-order valence-corrected chi connectivity index (χ2v) is 7.88. The lowest BCUT2D eigenvalue weighted by molar-refractivity contribution is -0.114. The summed E-state index contributed by atoms with van der Waals surface area (Å²) in [5.74, 6) is 0.0385. The van der Waals surface area contributed by atoms with Crippen molar-refractivity contribution in [3.05, 3.63) is 59.1 Å². The van der Waals surface area contributed by atoms with E-state index >= 15 is 0 Å². The number of carbonyl (C=O) groups is 1. The van der Waals surface area contributed by atoms with E-state index in [-0.39, 0.29) is 36.7 Å². The number of hydrogen-bond acceptors (Lipinski definition) is 6. The molecule has 0 radical (unpaired) electrons. The van der Waals surface area contributed by atoms with Gasteiger partial charge in [0, 0.05) is 32.6 Å². The molecule has 8 nitrogen and oxygen atoms in total. The molecule has 0 saturated carbocycles. The highest BCUT2D eigenvalue weighted by molar-refractivity contribution is 5.90. The Morgan fingerprint density at radius 2 is 1.88 bits per heavy atom. The molecule has 32 heavy (non-hydrogen) atoms. The van der Waals surface area contributed by atoms with Gasteiger partial charge in [-0.2, -0.15) is 0 Å². The Balaban J connectivity index is 0.00000289. The molecule has 1 amide bonds. The number of likely N-dealkylation sites (tertiary alicyclic amines) is 1. The van der Waals surface area contributed by atoms with E-state index in [1.54, 1.807) is 16.7 Å². The maximum absolute atomic E-state index is 12.3. The highest BCUT2D eigenvalue weighted by Crippen LogP contribution is 2.26. The Labute approximate surface area is 192 Å². The van der Waals surface area contributed by atoms with Gasteiger partial charge in [0.15, 0.2) is 5.58 Å². The third kappa shape index (κ3) is 5.51. The number of anilines is 1. The van der Waals surface area contributed by atoms with Crippen molar-refractivity contribution in [2.75, 3.05) is 31.6 Å². The quantitative estimate of drug-likeness (QED) is 0.561. The topological polar surface area (TPSA) is 96.9 Å². The molecule has 4 rings (SSSR count). The van der Waals surface area contributed by atoms with E-state index in [1.807, 2.05) is 36.4 Å². The number of nitrogens with one attached hydrogen (secondary N) is 1. The van der Waals surface area contributed by atoms with Gasteiger partial charge in [0.2, 0.25) is 5.91 Å². The van der Waals surface area contributed by atoms with Crippen LogP contribution in [0, 0.1) is 0 Å². The van der Waals surface area contributed by atoms with Gasteiger partial charge < -0.3 is 24.5 Å². The van der Waals surface area contributed by atoms with Crippen LogP contribution in [0.1, 0.15) is 25.8 Å². The number of piperidine rings is 1. The summed E-state index contributed by atoms with van der Waals surface area (Å²) in [6.07, 6.45) is 0.949. The molecule has 0 aliphatic carbocycles. The minimum absolute atomic E-state index is 0. The summed E-state index contributed by atoms with van der Waals surface area (Å²) in [7, 11) is 0. The lowest BCUT2D eigenvalue weighted by Crippen LogP contribution is -2.42. The first kappa shape index (κ1) is 23.8. The molecule has 0 spiro atoms. The van der Waals surface area contributed by atoms with Crippen molar-refractivity contribution < 1.29 is 19.1 Å². The molecule has 1 fully saturated rings. The Bertz CT molecular complexity index is 1100. The van der Waals surface area contributed by atoms with Crippen LogP contribution in [0.3, 0.4) is 0 Å².